The van der Waals surface area contributed by atoms with Crippen molar-refractivity contribution in [2.24, 2.45) is 4.99 Å². The van der Waals surface area contributed by atoms with Gasteiger partial charge in [-0.3, -0.25) is 4.99 Å². The smallest absolute Gasteiger partial charge is 0.140 e. The summed E-state index contributed by atoms with van der Waals surface area (Å²) in [6.07, 6.45) is 11.1. The lowest BCUT2D eigenvalue weighted by Gasteiger charge is -2.08. The van der Waals surface area contributed by atoms with Crippen LogP contribution in [-0.4, -0.2) is 23.2 Å². The van der Waals surface area contributed by atoms with Crippen LogP contribution in [0, 0.1) is 0 Å². The molecule has 4 nitrogen and oxygen atoms in total. The molecule has 0 saturated carbocycles. The van der Waals surface area contributed by atoms with Gasteiger partial charge in [-0.2, -0.15) is 0 Å². The Labute approximate surface area is 117 Å². The van der Waals surface area contributed by atoms with Crippen molar-refractivity contribution >= 4 is 18.4 Å². The summed E-state index contributed by atoms with van der Waals surface area (Å²) in [5.74, 6) is 1.12. The van der Waals surface area contributed by atoms with Crippen molar-refractivity contribution in [2.45, 2.75) is 6.42 Å². The Morgan fingerprint density at radius 3 is 3.10 bits per heavy atom. The third-order valence-corrected chi connectivity index (χ3v) is 2.69. The zero-order chi connectivity index (χ0) is 14.4. The molecular formula is C16H15N3O. The van der Waals surface area contributed by atoms with E-state index in [0.29, 0.717) is 17.9 Å². The van der Waals surface area contributed by atoms with E-state index in [1.807, 2.05) is 6.08 Å². The van der Waals surface area contributed by atoms with Gasteiger partial charge in [0, 0.05) is 42.4 Å². The topological polar surface area (TPSA) is 47.4 Å². The van der Waals surface area contributed by atoms with Gasteiger partial charge in [0.05, 0.1) is 5.35 Å². The van der Waals surface area contributed by atoms with Gasteiger partial charge in [-0.25, -0.2) is 9.97 Å². The molecule has 20 heavy (non-hydrogen) atoms. The normalized spacial score (nSPS) is 21.9. The van der Waals surface area contributed by atoms with Crippen molar-refractivity contribution in [3.8, 4) is 0 Å². The molecule has 4 heteroatoms. The summed E-state index contributed by atoms with van der Waals surface area (Å²) in [6.45, 7) is 7.46. The lowest BCUT2D eigenvalue weighted by molar-refractivity contribution is 0.342. The Balaban J connectivity index is 2.64. The molecule has 1 aromatic heterocycles. The van der Waals surface area contributed by atoms with Crippen LogP contribution >= 0.6 is 0 Å². The van der Waals surface area contributed by atoms with Gasteiger partial charge in [-0.1, -0.05) is 19.2 Å². The van der Waals surface area contributed by atoms with E-state index in [2.05, 4.69) is 33.8 Å². The summed E-state index contributed by atoms with van der Waals surface area (Å²) in [5.41, 5.74) is 3.63. The second kappa shape index (κ2) is 6.45. The van der Waals surface area contributed by atoms with Gasteiger partial charge in [0.2, 0.25) is 0 Å². The Bertz CT molecular complexity index is 750. The molecule has 0 aromatic carbocycles. The van der Waals surface area contributed by atoms with Crippen molar-refractivity contribution < 1.29 is 4.74 Å². The zero-order valence-electron chi connectivity index (χ0n) is 11.3. The molecule has 2 rings (SSSR count). The first-order valence-corrected chi connectivity index (χ1v) is 6.10. The van der Waals surface area contributed by atoms with E-state index in [1.165, 1.54) is 6.33 Å². The van der Waals surface area contributed by atoms with Gasteiger partial charge >= 0.3 is 0 Å². The summed E-state index contributed by atoms with van der Waals surface area (Å²) in [7, 11) is 1.72. The van der Waals surface area contributed by atoms with Crippen LogP contribution < -0.4 is 10.6 Å². The van der Waals surface area contributed by atoms with Crippen molar-refractivity contribution in [3.05, 3.63) is 65.1 Å². The molecule has 0 fully saturated rings. The number of nitrogens with zero attached hydrogens (tertiary/aromatic N) is 3. The quantitative estimate of drug-likeness (QED) is 0.597. The number of allylic oxidation sites excluding steroid dienone is 3. The van der Waals surface area contributed by atoms with Crippen LogP contribution in [0.25, 0.3) is 12.2 Å². The molecular weight excluding hydrogens is 250 g/mol. The Kier molecular flexibility index (Phi) is 4.43. The first kappa shape index (κ1) is 13.7. The second-order valence-electron chi connectivity index (χ2n) is 4.11. The number of hydrogen-bond acceptors (Lipinski definition) is 4. The largest absolute Gasteiger partial charge is 0.457 e. The molecule has 100 valence electrons. The highest BCUT2D eigenvalue weighted by atomic mass is 16.5. The molecule has 0 saturated heterocycles. The minimum absolute atomic E-state index is 0.490. The first-order valence-electron chi connectivity index (χ1n) is 6.10. The molecule has 0 spiro atoms. The molecule has 1 aliphatic heterocycles. The molecule has 1 aliphatic rings. The molecule has 0 amide bonds. The highest BCUT2D eigenvalue weighted by Gasteiger charge is 2.06. The minimum Gasteiger partial charge on any atom is -0.457 e. The van der Waals surface area contributed by atoms with Gasteiger partial charge in [0.1, 0.15) is 17.8 Å². The van der Waals surface area contributed by atoms with Crippen LogP contribution in [-0.2, 0) is 4.74 Å². The van der Waals surface area contributed by atoms with E-state index in [4.69, 9.17) is 4.74 Å². The van der Waals surface area contributed by atoms with E-state index in [-0.39, 0.29) is 0 Å². The molecule has 0 atom stereocenters. The van der Waals surface area contributed by atoms with Crippen LogP contribution in [0.3, 0.4) is 0 Å². The fourth-order valence-corrected chi connectivity index (χ4v) is 1.82. The van der Waals surface area contributed by atoms with Crippen LogP contribution in [0.2, 0.25) is 0 Å². The average molecular weight is 265 g/mol. The highest BCUT2D eigenvalue weighted by molar-refractivity contribution is 5.81. The van der Waals surface area contributed by atoms with Crippen molar-refractivity contribution in [1.82, 2.24) is 9.97 Å². The number of ether oxygens (including phenoxy) is 1. The van der Waals surface area contributed by atoms with Crippen LogP contribution in [0.15, 0.2) is 59.6 Å². The monoisotopic (exact) mass is 265 g/mol. The third kappa shape index (κ3) is 3.19. The summed E-state index contributed by atoms with van der Waals surface area (Å²) in [4.78, 5) is 12.3. The van der Waals surface area contributed by atoms with Crippen molar-refractivity contribution in [3.63, 3.8) is 0 Å². The predicted octanol–water partition coefficient (Wildman–Crippen LogP) is 1.27. The molecule has 0 aliphatic carbocycles. The number of aromatic nitrogens is 2. The lowest BCUT2D eigenvalue weighted by Crippen LogP contribution is -2.28. The molecule has 0 bridgehead atoms. The highest BCUT2D eigenvalue weighted by Crippen LogP contribution is 2.15. The van der Waals surface area contributed by atoms with Gasteiger partial charge < -0.3 is 4.74 Å². The lowest BCUT2D eigenvalue weighted by atomic mass is 10.1. The summed E-state index contributed by atoms with van der Waals surface area (Å²) in [5, 5.41) is 1.71. The molecule has 1 aromatic rings. The predicted molar refractivity (Wildman–Crippen MR) is 80.2 cm³/mol. The Morgan fingerprint density at radius 1 is 1.50 bits per heavy atom. The number of rotatable bonds is 2. The standard InChI is InChI=1S/C16H15N3O/c1-4-5-16-14(9-17-3)7-6-13-10-18-11-19-15(13)8-12(2)20-16/h5-6,8-11H,1-2,7H2,3H3/b13-6-,15-8+,16-14+,17-9?. The van der Waals surface area contributed by atoms with Gasteiger partial charge in [-0.15, -0.1) is 5.73 Å². The first-order chi connectivity index (χ1) is 9.74. The van der Waals surface area contributed by atoms with E-state index in [0.717, 1.165) is 16.1 Å². The zero-order valence-corrected chi connectivity index (χ0v) is 11.3. The Morgan fingerprint density at radius 2 is 2.35 bits per heavy atom. The van der Waals surface area contributed by atoms with Crippen LogP contribution in [0.4, 0.5) is 0 Å². The maximum atomic E-state index is 5.73. The maximum Gasteiger partial charge on any atom is 0.140 e. The van der Waals surface area contributed by atoms with Gasteiger partial charge in [0.15, 0.2) is 0 Å². The van der Waals surface area contributed by atoms with E-state index >= 15 is 0 Å². The summed E-state index contributed by atoms with van der Waals surface area (Å²) < 4.78 is 5.73. The van der Waals surface area contributed by atoms with Crippen LogP contribution in [0.5, 0.6) is 0 Å². The number of fused-ring (bicyclic) bond motifs is 1. The van der Waals surface area contributed by atoms with E-state index < -0.39 is 0 Å². The fourth-order valence-electron chi connectivity index (χ4n) is 1.82. The minimum atomic E-state index is 0.490. The Hall–Kier alpha value is -2.71. The van der Waals surface area contributed by atoms with E-state index in [1.54, 1.807) is 31.6 Å². The number of hydrogen-bond donors (Lipinski definition) is 0. The molecule has 0 N–H and O–H groups in total. The molecule has 0 radical (unpaired) electrons. The third-order valence-electron chi connectivity index (χ3n) is 2.69. The van der Waals surface area contributed by atoms with E-state index in [9.17, 15) is 0 Å². The van der Waals surface area contributed by atoms with Gasteiger partial charge in [0.25, 0.3) is 0 Å². The molecule has 0 unspecified atom stereocenters. The molecule has 2 heterocycles. The SMILES string of the molecule is C=C=C/C1=C(\C=NC)C/C=c2/cncn/c2=C/C(=C)O1. The number of aliphatic imine (C=N–C) groups is 1. The van der Waals surface area contributed by atoms with Crippen molar-refractivity contribution in [2.75, 3.05) is 7.05 Å². The second-order valence-corrected chi connectivity index (χ2v) is 4.11. The van der Waals surface area contributed by atoms with Crippen LogP contribution in [0.1, 0.15) is 6.42 Å². The summed E-state index contributed by atoms with van der Waals surface area (Å²) in [6, 6.07) is 0. The van der Waals surface area contributed by atoms with Gasteiger partial charge in [-0.05, 0) is 6.42 Å². The average Bonchev–Trinajstić information content (AvgIpc) is 2.49. The maximum absolute atomic E-state index is 5.73. The summed E-state index contributed by atoms with van der Waals surface area (Å²) >= 11 is 0. The van der Waals surface area contributed by atoms with Crippen molar-refractivity contribution in [1.29, 1.82) is 0 Å². The fraction of sp³-hybridized carbons (Fsp3) is 0.125.